The topological polar surface area (TPSA) is 101 Å². The van der Waals surface area contributed by atoms with Crippen LogP contribution in [-0.2, 0) is 4.79 Å². The molecule has 0 atom stereocenters. The Hall–Kier alpha value is -3.22. The van der Waals surface area contributed by atoms with Crippen LogP contribution in [0.5, 0.6) is 0 Å². The third-order valence-electron chi connectivity index (χ3n) is 3.68. The lowest BCUT2D eigenvalue weighted by atomic mass is 10.1. The van der Waals surface area contributed by atoms with E-state index in [-0.39, 0.29) is 23.9 Å². The zero-order chi connectivity index (χ0) is 18.2. The Bertz CT molecular complexity index is 775. The fourth-order valence-corrected chi connectivity index (χ4v) is 2.31. The van der Waals surface area contributed by atoms with Gasteiger partial charge in [0, 0.05) is 24.6 Å². The maximum absolute atomic E-state index is 12.0. The molecule has 130 valence electrons. The summed E-state index contributed by atoms with van der Waals surface area (Å²) in [4.78, 5) is 34.2. The first-order chi connectivity index (χ1) is 12.0. The molecular weight excluding hydrogens is 322 g/mol. The third-order valence-corrected chi connectivity index (χ3v) is 3.68. The number of nitro benzene ring substituents is 1. The molecule has 0 aliphatic heterocycles. The zero-order valence-corrected chi connectivity index (χ0v) is 13.8. The van der Waals surface area contributed by atoms with Gasteiger partial charge in [0.05, 0.1) is 16.2 Å². The van der Waals surface area contributed by atoms with Gasteiger partial charge >= 0.3 is 0 Å². The van der Waals surface area contributed by atoms with E-state index in [2.05, 4.69) is 10.6 Å². The van der Waals surface area contributed by atoms with E-state index in [0.717, 1.165) is 0 Å². The van der Waals surface area contributed by atoms with E-state index in [1.165, 1.54) is 12.1 Å². The Kier molecular flexibility index (Phi) is 6.22. The number of hydrogen-bond acceptors (Lipinski definition) is 4. The fourth-order valence-electron chi connectivity index (χ4n) is 2.31. The first-order valence-electron chi connectivity index (χ1n) is 7.86. The molecule has 2 N–H and O–H groups in total. The van der Waals surface area contributed by atoms with E-state index in [4.69, 9.17) is 0 Å². The SMILES string of the molecule is Cc1c(NC(=O)CCCNC(=O)c2ccccc2)cccc1[N+](=O)[O-]. The number of rotatable bonds is 7. The van der Waals surface area contributed by atoms with Crippen LogP contribution >= 0.6 is 0 Å². The molecule has 0 bridgehead atoms. The summed E-state index contributed by atoms with van der Waals surface area (Å²) in [6.07, 6.45) is 0.676. The van der Waals surface area contributed by atoms with Crippen LogP contribution in [0, 0.1) is 17.0 Å². The highest BCUT2D eigenvalue weighted by atomic mass is 16.6. The maximum Gasteiger partial charge on any atom is 0.274 e. The summed E-state index contributed by atoms with van der Waals surface area (Å²) in [6, 6.07) is 13.4. The molecule has 0 saturated carbocycles. The number of amides is 2. The second kappa shape index (κ2) is 8.58. The molecule has 25 heavy (non-hydrogen) atoms. The Labute approximate surface area is 145 Å². The van der Waals surface area contributed by atoms with Gasteiger partial charge in [-0.2, -0.15) is 0 Å². The van der Waals surface area contributed by atoms with Gasteiger partial charge < -0.3 is 10.6 Å². The van der Waals surface area contributed by atoms with E-state index in [0.29, 0.717) is 29.8 Å². The molecule has 2 aromatic rings. The molecule has 0 aliphatic rings. The second-order valence-electron chi connectivity index (χ2n) is 5.48. The van der Waals surface area contributed by atoms with Crippen LogP contribution in [0.2, 0.25) is 0 Å². The molecule has 2 aromatic carbocycles. The van der Waals surface area contributed by atoms with Crippen molar-refractivity contribution in [3.63, 3.8) is 0 Å². The first-order valence-corrected chi connectivity index (χ1v) is 7.86. The summed E-state index contributed by atoms with van der Waals surface area (Å²) >= 11 is 0. The number of nitrogens with zero attached hydrogens (tertiary/aromatic N) is 1. The molecule has 7 heteroatoms. The van der Waals surface area contributed by atoms with Crippen molar-refractivity contribution in [3.8, 4) is 0 Å². The number of nitrogens with one attached hydrogen (secondary N) is 2. The quantitative estimate of drug-likeness (QED) is 0.459. The van der Waals surface area contributed by atoms with Crippen LogP contribution in [-0.4, -0.2) is 23.3 Å². The normalized spacial score (nSPS) is 10.1. The summed E-state index contributed by atoms with van der Waals surface area (Å²) in [6.45, 7) is 1.96. The number of nitro groups is 1. The van der Waals surface area contributed by atoms with E-state index >= 15 is 0 Å². The monoisotopic (exact) mass is 341 g/mol. The summed E-state index contributed by atoms with van der Waals surface area (Å²) in [5.74, 6) is -0.437. The molecule has 0 heterocycles. The number of carbonyl (C=O) groups is 2. The predicted molar refractivity (Wildman–Crippen MR) is 94.5 cm³/mol. The van der Waals surface area contributed by atoms with E-state index in [1.54, 1.807) is 37.3 Å². The molecule has 0 unspecified atom stereocenters. The minimum atomic E-state index is -0.482. The smallest absolute Gasteiger partial charge is 0.274 e. The van der Waals surface area contributed by atoms with E-state index in [1.807, 2.05) is 6.07 Å². The lowest BCUT2D eigenvalue weighted by Gasteiger charge is -2.09. The predicted octanol–water partition coefficient (Wildman–Crippen LogP) is 3.05. The molecule has 0 radical (unpaired) electrons. The van der Waals surface area contributed by atoms with Crippen molar-refractivity contribution >= 4 is 23.2 Å². The average Bonchev–Trinajstić information content (AvgIpc) is 2.61. The number of carbonyl (C=O) groups excluding carboxylic acids is 2. The average molecular weight is 341 g/mol. The number of hydrogen-bond donors (Lipinski definition) is 2. The van der Waals surface area contributed by atoms with Crippen LogP contribution in [0.25, 0.3) is 0 Å². The van der Waals surface area contributed by atoms with Crippen molar-refractivity contribution in [2.45, 2.75) is 19.8 Å². The molecule has 0 aromatic heterocycles. The van der Waals surface area contributed by atoms with Gasteiger partial charge in [0.1, 0.15) is 0 Å². The van der Waals surface area contributed by atoms with Gasteiger partial charge in [-0.1, -0.05) is 24.3 Å². The molecule has 7 nitrogen and oxygen atoms in total. The molecule has 0 spiro atoms. The Morgan fingerprint density at radius 1 is 1.08 bits per heavy atom. The van der Waals surface area contributed by atoms with Gasteiger partial charge in [-0.15, -0.1) is 0 Å². The van der Waals surface area contributed by atoms with Crippen molar-refractivity contribution in [1.82, 2.24) is 5.32 Å². The van der Waals surface area contributed by atoms with Crippen LogP contribution < -0.4 is 10.6 Å². The number of benzene rings is 2. The third kappa shape index (κ3) is 5.13. The van der Waals surface area contributed by atoms with Gasteiger partial charge in [0.15, 0.2) is 0 Å². The fraction of sp³-hybridized carbons (Fsp3) is 0.222. The van der Waals surface area contributed by atoms with Crippen LogP contribution in [0.1, 0.15) is 28.8 Å². The minimum Gasteiger partial charge on any atom is -0.352 e. The summed E-state index contributed by atoms with van der Waals surface area (Å²) in [5.41, 5.74) is 1.37. The number of anilines is 1. The Balaban J connectivity index is 1.79. The Morgan fingerprint density at radius 2 is 1.80 bits per heavy atom. The largest absolute Gasteiger partial charge is 0.352 e. The van der Waals surface area contributed by atoms with Crippen LogP contribution in [0.3, 0.4) is 0 Å². The molecule has 0 fully saturated rings. The van der Waals surface area contributed by atoms with Crippen molar-refractivity contribution in [3.05, 3.63) is 69.8 Å². The highest BCUT2D eigenvalue weighted by Gasteiger charge is 2.14. The molecule has 0 saturated heterocycles. The lowest BCUT2D eigenvalue weighted by molar-refractivity contribution is -0.385. The van der Waals surface area contributed by atoms with Gasteiger partial charge in [-0.3, -0.25) is 19.7 Å². The standard InChI is InChI=1S/C18H19N3O4/c1-13-15(9-5-10-16(13)21(24)25)20-17(22)11-6-12-19-18(23)14-7-3-2-4-8-14/h2-5,7-10H,6,11-12H2,1H3,(H,19,23)(H,20,22). The van der Waals surface area contributed by atoms with Gasteiger partial charge in [0.2, 0.25) is 5.91 Å². The zero-order valence-electron chi connectivity index (χ0n) is 13.8. The van der Waals surface area contributed by atoms with Gasteiger partial charge in [-0.05, 0) is 31.5 Å². The highest BCUT2D eigenvalue weighted by molar-refractivity contribution is 5.94. The maximum atomic E-state index is 12.0. The van der Waals surface area contributed by atoms with Crippen molar-refractivity contribution in [2.24, 2.45) is 0 Å². The van der Waals surface area contributed by atoms with Crippen molar-refractivity contribution in [2.75, 3.05) is 11.9 Å². The lowest BCUT2D eigenvalue weighted by Crippen LogP contribution is -2.25. The first kappa shape index (κ1) is 18.1. The summed E-state index contributed by atoms with van der Waals surface area (Å²) < 4.78 is 0. The van der Waals surface area contributed by atoms with Crippen molar-refractivity contribution in [1.29, 1.82) is 0 Å². The van der Waals surface area contributed by atoms with E-state index < -0.39 is 4.92 Å². The molecule has 0 aliphatic carbocycles. The van der Waals surface area contributed by atoms with Crippen LogP contribution in [0.15, 0.2) is 48.5 Å². The van der Waals surface area contributed by atoms with E-state index in [9.17, 15) is 19.7 Å². The molecule has 2 rings (SSSR count). The summed E-state index contributed by atoms with van der Waals surface area (Å²) in [5, 5.41) is 16.3. The van der Waals surface area contributed by atoms with Gasteiger partial charge in [0.25, 0.3) is 11.6 Å². The van der Waals surface area contributed by atoms with Gasteiger partial charge in [-0.25, -0.2) is 0 Å². The molecule has 2 amide bonds. The highest BCUT2D eigenvalue weighted by Crippen LogP contribution is 2.25. The summed E-state index contributed by atoms with van der Waals surface area (Å²) in [7, 11) is 0. The van der Waals surface area contributed by atoms with Crippen molar-refractivity contribution < 1.29 is 14.5 Å². The second-order valence-corrected chi connectivity index (χ2v) is 5.48. The molecular formula is C18H19N3O4. The van der Waals surface area contributed by atoms with Crippen LogP contribution in [0.4, 0.5) is 11.4 Å². The minimum absolute atomic E-state index is 0.0343. The Morgan fingerprint density at radius 3 is 2.48 bits per heavy atom.